The smallest absolute Gasteiger partial charge is 0.312 e. The van der Waals surface area contributed by atoms with E-state index in [1.807, 2.05) is 0 Å². The predicted molar refractivity (Wildman–Crippen MR) is 131 cm³/mol. The van der Waals surface area contributed by atoms with Gasteiger partial charge in [-0.3, -0.25) is 9.59 Å². The Labute approximate surface area is 213 Å². The van der Waals surface area contributed by atoms with Crippen LogP contribution in [0.15, 0.2) is 45.6 Å². The summed E-state index contributed by atoms with van der Waals surface area (Å²) in [5.74, 6) is -2.74. The molecule has 2 aliphatic rings. The summed E-state index contributed by atoms with van der Waals surface area (Å²) in [5, 5.41) is 40.6. The maximum Gasteiger partial charge on any atom is 0.312 e. The van der Waals surface area contributed by atoms with Crippen LogP contribution in [0.2, 0.25) is 0 Å². The van der Waals surface area contributed by atoms with E-state index in [1.54, 1.807) is 12.1 Å². The van der Waals surface area contributed by atoms with Gasteiger partial charge in [-0.2, -0.15) is 0 Å². The van der Waals surface area contributed by atoms with E-state index in [0.29, 0.717) is 36.0 Å². The van der Waals surface area contributed by atoms with Crippen LogP contribution < -0.4 is 24.4 Å². The molecular formula is C27H20O11. The van der Waals surface area contributed by atoms with Gasteiger partial charge in [-0.05, 0) is 35.9 Å². The number of carbonyl (C=O) groups is 1. The highest BCUT2D eigenvalue weighted by atomic mass is 16.6. The molecule has 38 heavy (non-hydrogen) atoms. The molecule has 1 atom stereocenters. The van der Waals surface area contributed by atoms with Crippen LogP contribution in [0.4, 0.5) is 0 Å². The molecule has 0 spiro atoms. The van der Waals surface area contributed by atoms with Crippen LogP contribution in [0, 0.1) is 0 Å². The van der Waals surface area contributed by atoms with Gasteiger partial charge in [0.15, 0.2) is 28.8 Å². The molecule has 2 aliphatic heterocycles. The van der Waals surface area contributed by atoms with Gasteiger partial charge in [0, 0.05) is 23.1 Å². The molecule has 0 amide bonds. The van der Waals surface area contributed by atoms with Gasteiger partial charge in [-0.25, -0.2) is 0 Å². The van der Waals surface area contributed by atoms with Gasteiger partial charge in [-0.1, -0.05) is 0 Å². The average Bonchev–Trinajstić information content (AvgIpc) is 2.90. The predicted octanol–water partition coefficient (Wildman–Crippen LogP) is 3.50. The van der Waals surface area contributed by atoms with Crippen LogP contribution in [0.3, 0.4) is 0 Å². The fourth-order valence-electron chi connectivity index (χ4n) is 4.82. The van der Waals surface area contributed by atoms with E-state index in [9.17, 15) is 30.0 Å². The number of ether oxygens (including phenoxy) is 4. The van der Waals surface area contributed by atoms with Gasteiger partial charge >= 0.3 is 5.97 Å². The molecular weight excluding hydrogens is 500 g/mol. The quantitative estimate of drug-likeness (QED) is 0.177. The second-order valence-corrected chi connectivity index (χ2v) is 8.80. The van der Waals surface area contributed by atoms with Crippen LogP contribution in [0.25, 0.3) is 22.3 Å². The third-order valence-corrected chi connectivity index (χ3v) is 6.56. The summed E-state index contributed by atoms with van der Waals surface area (Å²) in [6.45, 7) is 0.659. The number of carbonyl (C=O) groups excluding carboxylic acids is 1. The molecule has 6 rings (SSSR count). The number of phenolic OH excluding ortho intramolecular Hbond substituents is 3. The van der Waals surface area contributed by atoms with Crippen LogP contribution in [-0.2, 0) is 4.79 Å². The highest BCUT2D eigenvalue weighted by Gasteiger charge is 2.36. The van der Waals surface area contributed by atoms with E-state index in [1.165, 1.54) is 13.2 Å². The molecule has 4 aromatic rings. The lowest BCUT2D eigenvalue weighted by molar-refractivity contribution is -0.135. The van der Waals surface area contributed by atoms with Crippen molar-refractivity contribution in [3.8, 4) is 57.3 Å². The van der Waals surface area contributed by atoms with Gasteiger partial charge in [-0.15, -0.1) is 0 Å². The number of benzene rings is 3. The fraction of sp³-hybridized carbons (Fsp3) is 0.185. The van der Waals surface area contributed by atoms with Gasteiger partial charge < -0.3 is 43.8 Å². The number of rotatable bonds is 3. The lowest BCUT2D eigenvalue weighted by Crippen LogP contribution is -2.22. The second-order valence-electron chi connectivity index (χ2n) is 8.80. The number of esters is 1. The molecule has 0 bridgehead atoms. The zero-order valence-corrected chi connectivity index (χ0v) is 19.8. The van der Waals surface area contributed by atoms with Crippen LogP contribution in [0.5, 0.6) is 46.0 Å². The monoisotopic (exact) mass is 520 g/mol. The highest BCUT2D eigenvalue weighted by Crippen LogP contribution is 2.50. The highest BCUT2D eigenvalue weighted by molar-refractivity contribution is 5.94. The van der Waals surface area contributed by atoms with Crippen LogP contribution in [-0.4, -0.2) is 46.7 Å². The molecule has 0 fully saturated rings. The van der Waals surface area contributed by atoms with Gasteiger partial charge in [0.05, 0.1) is 13.5 Å². The summed E-state index contributed by atoms with van der Waals surface area (Å²) in [6, 6.07) is 8.10. The van der Waals surface area contributed by atoms with E-state index in [4.69, 9.17) is 23.4 Å². The third-order valence-electron chi connectivity index (χ3n) is 6.56. The summed E-state index contributed by atoms with van der Waals surface area (Å²) in [6.07, 6.45) is -0.143. The molecule has 0 saturated carbocycles. The number of aromatic hydroxyl groups is 4. The zero-order valence-electron chi connectivity index (χ0n) is 19.8. The van der Waals surface area contributed by atoms with Gasteiger partial charge in [0.1, 0.15) is 35.7 Å². The summed E-state index contributed by atoms with van der Waals surface area (Å²) in [4.78, 5) is 25.8. The Morgan fingerprint density at radius 3 is 2.45 bits per heavy atom. The Bertz CT molecular complexity index is 1690. The van der Waals surface area contributed by atoms with Crippen molar-refractivity contribution in [2.75, 3.05) is 20.3 Å². The summed E-state index contributed by atoms with van der Waals surface area (Å²) in [5.41, 5.74) is -0.145. The number of methoxy groups -OCH3 is 1. The topological polar surface area (TPSA) is 165 Å². The number of phenols is 3. The molecule has 1 unspecified atom stereocenters. The fourth-order valence-corrected chi connectivity index (χ4v) is 4.82. The van der Waals surface area contributed by atoms with E-state index in [-0.39, 0.29) is 40.0 Å². The molecule has 11 heteroatoms. The first-order valence-corrected chi connectivity index (χ1v) is 11.5. The first-order chi connectivity index (χ1) is 18.3. The standard InChI is InChI=1S/C27H20O11/c1-34-18-7-12(8-19-26(18)36-5-4-35-19)13-9-20(31)37-17-10-16(30)22-23(32)24(33)25(38-27(22)21(13)17)11-2-3-14(28)15(29)6-11/h2-3,6-8,10,13,28-30,33H,4-5,9H2,1H3. The molecule has 194 valence electrons. The van der Waals surface area contributed by atoms with Crippen LogP contribution in [0.1, 0.15) is 23.5 Å². The third kappa shape index (κ3) is 3.51. The second kappa shape index (κ2) is 8.51. The van der Waals surface area contributed by atoms with E-state index in [2.05, 4.69) is 0 Å². The minimum Gasteiger partial charge on any atom is -0.507 e. The maximum atomic E-state index is 13.2. The average molecular weight is 520 g/mol. The first-order valence-electron chi connectivity index (χ1n) is 11.5. The van der Waals surface area contributed by atoms with Crippen LogP contribution >= 0.6 is 0 Å². The Balaban J connectivity index is 1.64. The van der Waals surface area contributed by atoms with Crippen molar-refractivity contribution in [1.82, 2.24) is 0 Å². The Hall–Kier alpha value is -5.06. The van der Waals surface area contributed by atoms with Crippen molar-refractivity contribution >= 4 is 16.9 Å². The van der Waals surface area contributed by atoms with Crippen molar-refractivity contribution in [3.63, 3.8) is 0 Å². The minimum absolute atomic E-state index is 0.0292. The Morgan fingerprint density at radius 1 is 0.895 bits per heavy atom. The molecule has 4 N–H and O–H groups in total. The lowest BCUT2D eigenvalue weighted by atomic mass is 9.84. The summed E-state index contributed by atoms with van der Waals surface area (Å²) in [7, 11) is 1.47. The van der Waals surface area contributed by atoms with Gasteiger partial charge in [0.2, 0.25) is 16.9 Å². The number of fused-ring (bicyclic) bond motifs is 4. The van der Waals surface area contributed by atoms with Crippen molar-refractivity contribution in [2.45, 2.75) is 12.3 Å². The van der Waals surface area contributed by atoms with Crippen molar-refractivity contribution in [1.29, 1.82) is 0 Å². The molecule has 3 aromatic carbocycles. The molecule has 1 aromatic heterocycles. The van der Waals surface area contributed by atoms with Gasteiger partial charge in [0.25, 0.3) is 0 Å². The van der Waals surface area contributed by atoms with Crippen molar-refractivity contribution in [3.05, 3.63) is 57.7 Å². The minimum atomic E-state index is -0.940. The normalized spacial score (nSPS) is 16.1. The number of hydrogen-bond acceptors (Lipinski definition) is 11. The Kier molecular flexibility index (Phi) is 5.23. The molecule has 11 nitrogen and oxygen atoms in total. The zero-order chi connectivity index (χ0) is 26.7. The SMILES string of the molecule is COc1cc(C2CC(=O)Oc3cc(O)c4c(=O)c(O)c(-c5ccc(O)c(O)c5)oc4c32)cc2c1OCCO2. The lowest BCUT2D eigenvalue weighted by Gasteiger charge is -2.28. The Morgan fingerprint density at radius 2 is 1.68 bits per heavy atom. The molecule has 0 saturated heterocycles. The summed E-state index contributed by atoms with van der Waals surface area (Å²) >= 11 is 0. The number of hydrogen-bond donors (Lipinski definition) is 4. The maximum absolute atomic E-state index is 13.2. The van der Waals surface area contributed by atoms with E-state index >= 15 is 0 Å². The molecule has 0 radical (unpaired) electrons. The molecule has 0 aliphatic carbocycles. The largest absolute Gasteiger partial charge is 0.507 e. The first kappa shape index (κ1) is 23.3. The summed E-state index contributed by atoms with van der Waals surface area (Å²) < 4.78 is 28.3. The van der Waals surface area contributed by atoms with E-state index in [0.717, 1.165) is 18.2 Å². The van der Waals surface area contributed by atoms with Crippen molar-refractivity contribution < 1.29 is 48.6 Å². The van der Waals surface area contributed by atoms with E-state index < -0.39 is 40.3 Å². The molecule has 3 heterocycles. The van der Waals surface area contributed by atoms with Crippen molar-refractivity contribution in [2.24, 2.45) is 0 Å².